The van der Waals surface area contributed by atoms with Crippen LogP contribution in [0.25, 0.3) is 0 Å². The van der Waals surface area contributed by atoms with Crippen LogP contribution in [0, 0.1) is 18.7 Å². The average Bonchev–Trinajstić information content (AvgIpc) is 2.47. The standard InChI is InChI=1S/C16H25FN2O2S/c1-4-14-11-19(22(3,20)21)8-7-16(14)18-10-13-6-5-12(2)15(17)9-13/h5-6,9,14,16,18H,4,7-8,10-11H2,1-3H3/t14-,16+/m1/s1. The molecule has 1 aliphatic rings. The molecule has 1 aromatic rings. The number of nitrogens with zero attached hydrogens (tertiary/aromatic N) is 1. The summed E-state index contributed by atoms with van der Waals surface area (Å²) >= 11 is 0. The molecule has 1 aliphatic heterocycles. The van der Waals surface area contributed by atoms with Crippen LogP contribution < -0.4 is 5.32 Å². The molecule has 0 unspecified atom stereocenters. The smallest absolute Gasteiger partial charge is 0.211 e. The zero-order valence-electron chi connectivity index (χ0n) is 13.5. The Hall–Kier alpha value is -0.980. The van der Waals surface area contributed by atoms with E-state index in [0.717, 1.165) is 18.4 Å². The molecule has 4 nitrogen and oxygen atoms in total. The fourth-order valence-corrected chi connectivity index (χ4v) is 3.88. The number of nitrogens with one attached hydrogen (secondary N) is 1. The van der Waals surface area contributed by atoms with E-state index in [9.17, 15) is 12.8 Å². The van der Waals surface area contributed by atoms with E-state index < -0.39 is 10.0 Å². The molecule has 0 spiro atoms. The Morgan fingerprint density at radius 3 is 2.73 bits per heavy atom. The second-order valence-electron chi connectivity index (χ2n) is 6.15. The molecule has 0 radical (unpaired) electrons. The number of rotatable bonds is 5. The van der Waals surface area contributed by atoms with Gasteiger partial charge in [0.05, 0.1) is 6.26 Å². The van der Waals surface area contributed by atoms with Crippen LogP contribution >= 0.6 is 0 Å². The first-order valence-corrected chi connectivity index (χ1v) is 9.59. The first-order valence-electron chi connectivity index (χ1n) is 7.74. The summed E-state index contributed by atoms with van der Waals surface area (Å²) in [5, 5.41) is 3.47. The normalized spacial score (nSPS) is 23.6. The highest BCUT2D eigenvalue weighted by atomic mass is 32.2. The van der Waals surface area contributed by atoms with Crippen LogP contribution in [0.1, 0.15) is 30.9 Å². The van der Waals surface area contributed by atoms with Crippen LogP contribution in [0.2, 0.25) is 0 Å². The molecule has 124 valence electrons. The minimum absolute atomic E-state index is 0.182. The van der Waals surface area contributed by atoms with Crippen molar-refractivity contribution >= 4 is 10.0 Å². The number of benzene rings is 1. The van der Waals surface area contributed by atoms with E-state index in [1.54, 1.807) is 23.4 Å². The molecule has 22 heavy (non-hydrogen) atoms. The lowest BCUT2D eigenvalue weighted by atomic mass is 9.91. The Morgan fingerprint density at radius 1 is 1.41 bits per heavy atom. The van der Waals surface area contributed by atoms with E-state index in [2.05, 4.69) is 12.2 Å². The average molecular weight is 328 g/mol. The van der Waals surface area contributed by atoms with Crippen molar-refractivity contribution in [2.24, 2.45) is 5.92 Å². The summed E-state index contributed by atoms with van der Waals surface area (Å²) in [7, 11) is -3.11. The summed E-state index contributed by atoms with van der Waals surface area (Å²) in [4.78, 5) is 0. The molecule has 1 saturated heterocycles. The third-order valence-corrected chi connectivity index (χ3v) is 5.76. The topological polar surface area (TPSA) is 49.4 Å². The van der Waals surface area contributed by atoms with E-state index >= 15 is 0 Å². The molecular formula is C16H25FN2O2S. The highest BCUT2D eigenvalue weighted by Crippen LogP contribution is 2.22. The van der Waals surface area contributed by atoms with Gasteiger partial charge in [0.2, 0.25) is 10.0 Å². The number of aryl methyl sites for hydroxylation is 1. The van der Waals surface area contributed by atoms with E-state index in [4.69, 9.17) is 0 Å². The van der Waals surface area contributed by atoms with Gasteiger partial charge in [-0.1, -0.05) is 25.5 Å². The van der Waals surface area contributed by atoms with Crippen LogP contribution in [-0.4, -0.2) is 38.1 Å². The second-order valence-corrected chi connectivity index (χ2v) is 8.13. The fourth-order valence-electron chi connectivity index (χ4n) is 2.98. The number of sulfonamides is 1. The van der Waals surface area contributed by atoms with Crippen LogP contribution in [0.15, 0.2) is 18.2 Å². The van der Waals surface area contributed by atoms with Gasteiger partial charge in [-0.05, 0) is 36.5 Å². The first-order chi connectivity index (χ1) is 10.3. The maximum atomic E-state index is 13.6. The molecule has 0 saturated carbocycles. The zero-order chi connectivity index (χ0) is 16.3. The van der Waals surface area contributed by atoms with Gasteiger partial charge in [-0.3, -0.25) is 0 Å². The highest BCUT2D eigenvalue weighted by Gasteiger charge is 2.31. The molecule has 0 aromatic heterocycles. The van der Waals surface area contributed by atoms with Crippen molar-refractivity contribution in [1.82, 2.24) is 9.62 Å². The van der Waals surface area contributed by atoms with Crippen molar-refractivity contribution in [2.45, 2.75) is 39.3 Å². The SMILES string of the molecule is CC[C@@H]1CN(S(C)(=O)=O)CC[C@@H]1NCc1ccc(C)c(F)c1. The molecule has 6 heteroatoms. The van der Waals surface area contributed by atoms with E-state index in [1.165, 1.54) is 6.26 Å². The van der Waals surface area contributed by atoms with Crippen molar-refractivity contribution < 1.29 is 12.8 Å². The summed E-state index contributed by atoms with van der Waals surface area (Å²) in [6.45, 7) is 5.55. The van der Waals surface area contributed by atoms with Crippen LogP contribution in [0.5, 0.6) is 0 Å². The Bertz CT molecular complexity index is 619. The number of hydrogen-bond donors (Lipinski definition) is 1. The molecule has 0 bridgehead atoms. The maximum absolute atomic E-state index is 13.6. The van der Waals surface area contributed by atoms with E-state index in [0.29, 0.717) is 31.1 Å². The Labute approximate surface area is 132 Å². The largest absolute Gasteiger partial charge is 0.310 e. The summed E-state index contributed by atoms with van der Waals surface area (Å²) < 4.78 is 38.5. The molecule has 2 rings (SSSR count). The molecule has 1 aromatic carbocycles. The lowest BCUT2D eigenvalue weighted by Crippen LogP contribution is -2.50. The number of hydrogen-bond acceptors (Lipinski definition) is 3. The maximum Gasteiger partial charge on any atom is 0.211 e. The number of piperidine rings is 1. The monoisotopic (exact) mass is 328 g/mol. The van der Waals surface area contributed by atoms with Crippen LogP contribution in [-0.2, 0) is 16.6 Å². The van der Waals surface area contributed by atoms with Crippen molar-refractivity contribution in [3.05, 3.63) is 35.1 Å². The Morgan fingerprint density at radius 2 is 2.14 bits per heavy atom. The van der Waals surface area contributed by atoms with Gasteiger partial charge in [-0.15, -0.1) is 0 Å². The highest BCUT2D eigenvalue weighted by molar-refractivity contribution is 7.88. The molecule has 1 heterocycles. The van der Waals surface area contributed by atoms with Crippen molar-refractivity contribution in [3.63, 3.8) is 0 Å². The van der Waals surface area contributed by atoms with E-state index in [1.807, 2.05) is 6.07 Å². The van der Waals surface area contributed by atoms with Gasteiger partial charge in [-0.2, -0.15) is 0 Å². The summed E-state index contributed by atoms with van der Waals surface area (Å²) in [5.74, 6) is 0.108. The molecule has 2 atom stereocenters. The summed E-state index contributed by atoms with van der Waals surface area (Å²) in [5.41, 5.74) is 1.57. The van der Waals surface area contributed by atoms with E-state index in [-0.39, 0.29) is 11.9 Å². The Balaban J connectivity index is 1.96. The number of halogens is 1. The molecular weight excluding hydrogens is 303 g/mol. The summed E-state index contributed by atoms with van der Waals surface area (Å²) in [6.07, 6.45) is 2.98. The van der Waals surface area contributed by atoms with Gasteiger partial charge in [0.25, 0.3) is 0 Å². The quantitative estimate of drug-likeness (QED) is 0.902. The predicted molar refractivity (Wildman–Crippen MR) is 86.6 cm³/mol. The van der Waals surface area contributed by atoms with Gasteiger partial charge < -0.3 is 5.32 Å². The first kappa shape index (κ1) is 17.4. The molecule has 0 aliphatic carbocycles. The lowest BCUT2D eigenvalue weighted by Gasteiger charge is -2.37. The van der Waals surface area contributed by atoms with Crippen LogP contribution in [0.4, 0.5) is 4.39 Å². The van der Waals surface area contributed by atoms with Gasteiger partial charge in [0, 0.05) is 25.7 Å². The van der Waals surface area contributed by atoms with Crippen molar-refractivity contribution in [1.29, 1.82) is 0 Å². The second kappa shape index (κ2) is 7.06. The molecule has 0 amide bonds. The van der Waals surface area contributed by atoms with Crippen LogP contribution in [0.3, 0.4) is 0 Å². The van der Waals surface area contributed by atoms with Gasteiger partial charge in [-0.25, -0.2) is 17.1 Å². The third-order valence-electron chi connectivity index (χ3n) is 4.49. The minimum Gasteiger partial charge on any atom is -0.310 e. The minimum atomic E-state index is -3.11. The Kier molecular flexibility index (Phi) is 5.58. The molecule has 1 fully saturated rings. The van der Waals surface area contributed by atoms with Crippen molar-refractivity contribution in [3.8, 4) is 0 Å². The molecule has 1 N–H and O–H groups in total. The third kappa shape index (κ3) is 4.27. The van der Waals surface area contributed by atoms with Gasteiger partial charge in [0.15, 0.2) is 0 Å². The fraction of sp³-hybridized carbons (Fsp3) is 0.625. The zero-order valence-corrected chi connectivity index (χ0v) is 14.3. The van der Waals surface area contributed by atoms with Crippen molar-refractivity contribution in [2.75, 3.05) is 19.3 Å². The van der Waals surface area contributed by atoms with Gasteiger partial charge in [0.1, 0.15) is 5.82 Å². The lowest BCUT2D eigenvalue weighted by molar-refractivity contribution is 0.201. The predicted octanol–water partition coefficient (Wildman–Crippen LogP) is 2.28. The summed E-state index contributed by atoms with van der Waals surface area (Å²) in [6, 6.07) is 5.55. The van der Waals surface area contributed by atoms with Gasteiger partial charge >= 0.3 is 0 Å².